The second-order valence-corrected chi connectivity index (χ2v) is 7.98. The Labute approximate surface area is 159 Å². The molecule has 1 fully saturated rings. The highest BCUT2D eigenvalue weighted by Crippen LogP contribution is 2.38. The molecule has 7 heteroatoms. The lowest BCUT2D eigenvalue weighted by Crippen LogP contribution is -2.48. The highest BCUT2D eigenvalue weighted by atomic mass is 16.4. The molecule has 2 aliphatic rings. The summed E-state index contributed by atoms with van der Waals surface area (Å²) in [6.45, 7) is 6.72. The van der Waals surface area contributed by atoms with Gasteiger partial charge >= 0.3 is 6.09 Å². The van der Waals surface area contributed by atoms with Crippen molar-refractivity contribution in [2.45, 2.75) is 38.5 Å². The van der Waals surface area contributed by atoms with E-state index in [0.29, 0.717) is 38.0 Å². The van der Waals surface area contributed by atoms with E-state index in [4.69, 9.17) is 5.11 Å². The minimum atomic E-state index is -0.872. The van der Waals surface area contributed by atoms with Crippen molar-refractivity contribution in [3.63, 3.8) is 0 Å². The standard InChI is InChI=1S/C20H25N5O2/c1-20(2)7-3-4-14-12-15(5-6-16(14)20)17-21-13-22-18(23-17)24-8-10-25(11-9-24)19(26)27/h5-6,12-13H,3-4,7-11H2,1-2H3,(H,26,27). The first-order valence-corrected chi connectivity index (χ1v) is 9.50. The van der Waals surface area contributed by atoms with Crippen molar-refractivity contribution >= 4 is 12.0 Å². The Hall–Kier alpha value is -2.70. The zero-order valence-electron chi connectivity index (χ0n) is 15.9. The van der Waals surface area contributed by atoms with E-state index in [-0.39, 0.29) is 5.41 Å². The minimum Gasteiger partial charge on any atom is -0.465 e. The van der Waals surface area contributed by atoms with E-state index < -0.39 is 6.09 Å². The van der Waals surface area contributed by atoms with E-state index >= 15 is 0 Å². The summed E-state index contributed by atoms with van der Waals surface area (Å²) in [6, 6.07) is 6.55. The largest absolute Gasteiger partial charge is 0.465 e. The number of fused-ring (bicyclic) bond motifs is 1. The number of aryl methyl sites for hydroxylation is 1. The number of anilines is 1. The number of carbonyl (C=O) groups is 1. The highest BCUT2D eigenvalue weighted by Gasteiger charge is 2.27. The predicted octanol–water partition coefficient (Wildman–Crippen LogP) is 2.95. The van der Waals surface area contributed by atoms with Crippen molar-refractivity contribution in [1.82, 2.24) is 19.9 Å². The SMILES string of the molecule is CC1(C)CCCc2cc(-c3ncnc(N4CCN(C(=O)O)CC4)n3)ccc21. The zero-order valence-corrected chi connectivity index (χ0v) is 15.9. The first-order chi connectivity index (χ1) is 12.9. The van der Waals surface area contributed by atoms with E-state index in [1.54, 1.807) is 6.33 Å². The van der Waals surface area contributed by atoms with Gasteiger partial charge in [0.15, 0.2) is 5.82 Å². The molecular weight excluding hydrogens is 342 g/mol. The Morgan fingerprint density at radius 2 is 1.93 bits per heavy atom. The molecule has 142 valence electrons. The smallest absolute Gasteiger partial charge is 0.407 e. The van der Waals surface area contributed by atoms with Crippen molar-refractivity contribution in [2.75, 3.05) is 31.1 Å². The molecule has 1 aliphatic heterocycles. The summed E-state index contributed by atoms with van der Waals surface area (Å²) in [5.41, 5.74) is 4.05. The van der Waals surface area contributed by atoms with Crippen molar-refractivity contribution in [2.24, 2.45) is 0 Å². The van der Waals surface area contributed by atoms with Gasteiger partial charge in [-0.05, 0) is 41.9 Å². The van der Waals surface area contributed by atoms with Gasteiger partial charge < -0.3 is 14.9 Å². The van der Waals surface area contributed by atoms with E-state index in [1.165, 1.54) is 28.9 Å². The Kier molecular flexibility index (Phi) is 4.45. The molecule has 1 saturated heterocycles. The topological polar surface area (TPSA) is 82.5 Å². The molecule has 0 atom stereocenters. The minimum absolute atomic E-state index is 0.222. The molecule has 27 heavy (non-hydrogen) atoms. The molecule has 1 aromatic heterocycles. The monoisotopic (exact) mass is 367 g/mol. The molecular formula is C20H25N5O2. The predicted molar refractivity (Wildman–Crippen MR) is 103 cm³/mol. The normalized spacial score (nSPS) is 18.9. The third kappa shape index (κ3) is 3.46. The summed E-state index contributed by atoms with van der Waals surface area (Å²) in [7, 11) is 0. The van der Waals surface area contributed by atoms with Gasteiger partial charge in [0.05, 0.1) is 0 Å². The lowest BCUT2D eigenvalue weighted by molar-refractivity contribution is 0.142. The number of carboxylic acid groups (broad SMARTS) is 1. The van der Waals surface area contributed by atoms with Crippen LogP contribution in [0.25, 0.3) is 11.4 Å². The fraction of sp³-hybridized carbons (Fsp3) is 0.500. The second kappa shape index (κ2) is 6.79. The second-order valence-electron chi connectivity index (χ2n) is 7.98. The van der Waals surface area contributed by atoms with Gasteiger partial charge in [0.25, 0.3) is 0 Å². The van der Waals surface area contributed by atoms with Crippen LogP contribution in [0, 0.1) is 0 Å². The highest BCUT2D eigenvalue weighted by molar-refractivity contribution is 5.65. The summed E-state index contributed by atoms with van der Waals surface area (Å²) in [5.74, 6) is 1.29. The molecule has 7 nitrogen and oxygen atoms in total. The molecule has 1 N–H and O–H groups in total. The number of rotatable bonds is 2. The molecule has 1 amide bonds. The van der Waals surface area contributed by atoms with Gasteiger partial charge in [-0.3, -0.25) is 0 Å². The van der Waals surface area contributed by atoms with Gasteiger partial charge in [0, 0.05) is 31.7 Å². The Balaban J connectivity index is 1.58. The van der Waals surface area contributed by atoms with Gasteiger partial charge in [-0.1, -0.05) is 26.0 Å². The maximum Gasteiger partial charge on any atom is 0.407 e. The third-order valence-corrected chi connectivity index (χ3v) is 5.73. The average molecular weight is 367 g/mol. The van der Waals surface area contributed by atoms with Crippen molar-refractivity contribution in [3.8, 4) is 11.4 Å². The van der Waals surface area contributed by atoms with Crippen LogP contribution in [0.1, 0.15) is 37.8 Å². The van der Waals surface area contributed by atoms with Gasteiger partial charge in [-0.25, -0.2) is 14.8 Å². The third-order valence-electron chi connectivity index (χ3n) is 5.73. The number of amides is 1. The molecule has 0 spiro atoms. The maximum absolute atomic E-state index is 11.1. The van der Waals surface area contributed by atoms with E-state index in [1.807, 2.05) is 4.90 Å². The summed E-state index contributed by atoms with van der Waals surface area (Å²) >= 11 is 0. The first-order valence-electron chi connectivity index (χ1n) is 9.50. The average Bonchev–Trinajstić information content (AvgIpc) is 2.67. The number of piperazine rings is 1. The summed E-state index contributed by atoms with van der Waals surface area (Å²) in [5, 5.41) is 9.09. The van der Waals surface area contributed by atoms with Crippen LogP contribution in [-0.2, 0) is 11.8 Å². The number of hydrogen-bond acceptors (Lipinski definition) is 5. The fourth-order valence-corrected chi connectivity index (χ4v) is 4.13. The van der Waals surface area contributed by atoms with Crippen LogP contribution < -0.4 is 4.90 Å². The van der Waals surface area contributed by atoms with Crippen LogP contribution in [-0.4, -0.2) is 57.2 Å². The molecule has 4 rings (SSSR count). The Bertz CT molecular complexity index is 859. The molecule has 0 radical (unpaired) electrons. The van der Waals surface area contributed by atoms with Gasteiger partial charge in [-0.2, -0.15) is 4.98 Å². The summed E-state index contributed by atoms with van der Waals surface area (Å²) in [6.07, 6.45) is 4.20. The number of hydrogen-bond donors (Lipinski definition) is 1. The van der Waals surface area contributed by atoms with E-state index in [0.717, 1.165) is 12.0 Å². The number of benzene rings is 1. The maximum atomic E-state index is 11.1. The van der Waals surface area contributed by atoms with Crippen molar-refractivity contribution in [3.05, 3.63) is 35.7 Å². The number of nitrogens with zero attached hydrogens (tertiary/aromatic N) is 5. The molecule has 2 aromatic rings. The summed E-state index contributed by atoms with van der Waals surface area (Å²) in [4.78, 5) is 27.9. The quantitative estimate of drug-likeness (QED) is 0.879. The van der Waals surface area contributed by atoms with Crippen LogP contribution in [0.15, 0.2) is 24.5 Å². The van der Waals surface area contributed by atoms with Crippen molar-refractivity contribution < 1.29 is 9.90 Å². The zero-order chi connectivity index (χ0) is 19.0. The van der Waals surface area contributed by atoms with Gasteiger partial charge in [0.1, 0.15) is 6.33 Å². The van der Waals surface area contributed by atoms with Crippen molar-refractivity contribution in [1.29, 1.82) is 0 Å². The van der Waals surface area contributed by atoms with Crippen LogP contribution in [0.3, 0.4) is 0 Å². The first kappa shape index (κ1) is 17.7. The molecule has 0 bridgehead atoms. The molecule has 0 saturated carbocycles. The summed E-state index contributed by atoms with van der Waals surface area (Å²) < 4.78 is 0. The Morgan fingerprint density at radius 1 is 1.15 bits per heavy atom. The molecule has 1 aliphatic carbocycles. The lowest BCUT2D eigenvalue weighted by atomic mass is 9.72. The van der Waals surface area contributed by atoms with Crippen LogP contribution in [0.2, 0.25) is 0 Å². The van der Waals surface area contributed by atoms with Gasteiger partial charge in [0.2, 0.25) is 5.95 Å². The van der Waals surface area contributed by atoms with E-state index in [2.05, 4.69) is 47.0 Å². The van der Waals surface area contributed by atoms with Crippen LogP contribution >= 0.6 is 0 Å². The molecule has 1 aromatic carbocycles. The fourth-order valence-electron chi connectivity index (χ4n) is 4.13. The Morgan fingerprint density at radius 3 is 2.67 bits per heavy atom. The molecule has 2 heterocycles. The molecule has 0 unspecified atom stereocenters. The lowest BCUT2D eigenvalue weighted by Gasteiger charge is -2.33. The van der Waals surface area contributed by atoms with E-state index in [9.17, 15) is 4.79 Å². The van der Waals surface area contributed by atoms with Gasteiger partial charge in [-0.15, -0.1) is 0 Å². The number of aromatic nitrogens is 3. The van der Waals surface area contributed by atoms with Crippen LogP contribution in [0.5, 0.6) is 0 Å². The van der Waals surface area contributed by atoms with Crippen LogP contribution in [0.4, 0.5) is 10.7 Å².